The summed E-state index contributed by atoms with van der Waals surface area (Å²) in [6, 6.07) is 10.4. The zero-order valence-corrected chi connectivity index (χ0v) is 17.5. The van der Waals surface area contributed by atoms with E-state index in [0.29, 0.717) is 23.5 Å². The monoisotopic (exact) mass is 413 g/mol. The normalized spacial score (nSPS) is 19.1. The molecule has 1 fully saturated rings. The molecule has 4 rings (SSSR count). The highest BCUT2D eigenvalue weighted by molar-refractivity contribution is 7.80. The average Bonchev–Trinajstić information content (AvgIpc) is 3.12. The van der Waals surface area contributed by atoms with Crippen molar-refractivity contribution in [2.24, 2.45) is 0 Å². The standard InChI is InChI=1S/C22H27N3O3S/c1-16-6-4-5-9-25(16)22(29)23-15-28-21-14-27-19(10-20(21)26)13-24-11-17-7-2-3-8-18(17)12-24/h2-3,7-8,10,14,16H,4-6,9,11-13,15H2,1H3,(H,23,29). The van der Waals surface area contributed by atoms with E-state index in [2.05, 4.69) is 46.3 Å². The fourth-order valence-electron chi connectivity index (χ4n) is 4.04. The van der Waals surface area contributed by atoms with Gasteiger partial charge in [0.05, 0.1) is 6.54 Å². The molecule has 0 radical (unpaired) electrons. The number of benzene rings is 1. The van der Waals surface area contributed by atoms with Gasteiger partial charge in [0.15, 0.2) is 11.8 Å². The van der Waals surface area contributed by atoms with E-state index in [1.807, 2.05) is 0 Å². The van der Waals surface area contributed by atoms with Gasteiger partial charge in [-0.2, -0.15) is 0 Å². The third-order valence-corrected chi connectivity index (χ3v) is 6.03. The number of ether oxygens (including phenoxy) is 1. The van der Waals surface area contributed by atoms with Gasteiger partial charge in [-0.25, -0.2) is 0 Å². The fourth-order valence-corrected chi connectivity index (χ4v) is 4.37. The van der Waals surface area contributed by atoms with Gasteiger partial charge < -0.3 is 19.4 Å². The molecule has 0 spiro atoms. The molecule has 6 nitrogen and oxygen atoms in total. The molecular formula is C22H27N3O3S. The Morgan fingerprint density at radius 2 is 2.03 bits per heavy atom. The van der Waals surface area contributed by atoms with Gasteiger partial charge >= 0.3 is 0 Å². The lowest BCUT2D eigenvalue weighted by molar-refractivity contribution is 0.234. The number of likely N-dealkylation sites (tertiary alicyclic amines) is 1. The Labute approximate surface area is 176 Å². The van der Waals surface area contributed by atoms with Crippen LogP contribution in [-0.4, -0.2) is 34.2 Å². The van der Waals surface area contributed by atoms with Crippen molar-refractivity contribution in [3.05, 3.63) is 63.7 Å². The maximum Gasteiger partial charge on any atom is 0.227 e. The maximum absolute atomic E-state index is 12.4. The summed E-state index contributed by atoms with van der Waals surface area (Å²) in [5.74, 6) is 0.834. The van der Waals surface area contributed by atoms with E-state index in [1.54, 1.807) is 0 Å². The number of thiocarbonyl (C=S) groups is 1. The molecule has 0 amide bonds. The Morgan fingerprint density at radius 1 is 1.28 bits per heavy atom. The SMILES string of the molecule is CC1CCCCN1C(=S)NCOc1coc(CN2Cc3ccccc3C2)cc1=O. The number of rotatable bonds is 5. The first-order valence-corrected chi connectivity index (χ1v) is 10.6. The highest BCUT2D eigenvalue weighted by atomic mass is 32.1. The summed E-state index contributed by atoms with van der Waals surface area (Å²) < 4.78 is 11.2. The summed E-state index contributed by atoms with van der Waals surface area (Å²) in [6.07, 6.45) is 4.94. The van der Waals surface area contributed by atoms with E-state index < -0.39 is 0 Å². The van der Waals surface area contributed by atoms with Crippen LogP contribution in [0.5, 0.6) is 5.75 Å². The molecule has 1 aromatic carbocycles. The first-order valence-electron chi connectivity index (χ1n) is 10.2. The second-order valence-electron chi connectivity index (χ2n) is 7.80. The van der Waals surface area contributed by atoms with Crippen molar-refractivity contribution < 1.29 is 9.15 Å². The molecule has 2 aliphatic heterocycles. The minimum atomic E-state index is -0.179. The van der Waals surface area contributed by atoms with Crippen LogP contribution in [0.3, 0.4) is 0 Å². The van der Waals surface area contributed by atoms with Crippen LogP contribution < -0.4 is 15.5 Å². The minimum Gasteiger partial charge on any atom is -0.466 e. The number of nitrogens with zero attached hydrogens (tertiary/aromatic N) is 2. The van der Waals surface area contributed by atoms with Crippen molar-refractivity contribution in [1.82, 2.24) is 15.1 Å². The third kappa shape index (κ3) is 4.79. The largest absolute Gasteiger partial charge is 0.466 e. The van der Waals surface area contributed by atoms with Crippen molar-refractivity contribution in [3.8, 4) is 5.75 Å². The molecule has 1 unspecified atom stereocenters. The number of hydrogen-bond donors (Lipinski definition) is 1. The van der Waals surface area contributed by atoms with Crippen molar-refractivity contribution in [2.45, 2.75) is 51.9 Å². The molecular weight excluding hydrogens is 386 g/mol. The molecule has 1 atom stereocenters. The second-order valence-corrected chi connectivity index (χ2v) is 8.18. The summed E-state index contributed by atoms with van der Waals surface area (Å²) in [7, 11) is 0. The quantitative estimate of drug-likeness (QED) is 0.596. The molecule has 0 bridgehead atoms. The van der Waals surface area contributed by atoms with Gasteiger partial charge in [-0.15, -0.1) is 0 Å². The molecule has 29 heavy (non-hydrogen) atoms. The first kappa shape index (κ1) is 19.9. The fraction of sp³-hybridized carbons (Fsp3) is 0.455. The van der Waals surface area contributed by atoms with Crippen molar-refractivity contribution in [1.29, 1.82) is 0 Å². The molecule has 2 aromatic rings. The average molecular weight is 414 g/mol. The topological polar surface area (TPSA) is 58.0 Å². The molecule has 7 heteroatoms. The van der Waals surface area contributed by atoms with E-state index >= 15 is 0 Å². The van der Waals surface area contributed by atoms with E-state index in [4.69, 9.17) is 21.4 Å². The zero-order chi connectivity index (χ0) is 20.2. The zero-order valence-electron chi connectivity index (χ0n) is 16.7. The van der Waals surface area contributed by atoms with Gasteiger partial charge in [-0.05, 0) is 49.5 Å². The van der Waals surface area contributed by atoms with Crippen LogP contribution in [0.25, 0.3) is 0 Å². The Balaban J connectivity index is 1.28. The molecule has 1 saturated heterocycles. The van der Waals surface area contributed by atoms with Crippen molar-refractivity contribution in [3.63, 3.8) is 0 Å². The molecule has 0 saturated carbocycles. The van der Waals surface area contributed by atoms with Crippen LogP contribution in [0.4, 0.5) is 0 Å². The molecule has 3 heterocycles. The predicted octanol–water partition coefficient (Wildman–Crippen LogP) is 3.24. The molecule has 154 valence electrons. The Hall–Kier alpha value is -2.38. The first-order chi connectivity index (χ1) is 14.1. The lowest BCUT2D eigenvalue weighted by atomic mass is 10.0. The van der Waals surface area contributed by atoms with Gasteiger partial charge in [0.25, 0.3) is 0 Å². The number of piperidine rings is 1. The molecule has 0 aliphatic carbocycles. The van der Waals surface area contributed by atoms with Crippen LogP contribution in [0.15, 0.2) is 45.8 Å². The maximum atomic E-state index is 12.4. The van der Waals surface area contributed by atoms with Crippen LogP contribution >= 0.6 is 12.2 Å². The second kappa shape index (κ2) is 8.97. The summed E-state index contributed by atoms with van der Waals surface area (Å²) >= 11 is 5.46. The van der Waals surface area contributed by atoms with Crippen LogP contribution in [-0.2, 0) is 19.6 Å². The van der Waals surface area contributed by atoms with Crippen LogP contribution in [0.2, 0.25) is 0 Å². The van der Waals surface area contributed by atoms with Gasteiger partial charge in [0.2, 0.25) is 11.2 Å². The smallest absolute Gasteiger partial charge is 0.227 e. The predicted molar refractivity (Wildman–Crippen MR) is 116 cm³/mol. The summed E-state index contributed by atoms with van der Waals surface area (Å²) in [4.78, 5) is 16.8. The van der Waals surface area contributed by atoms with Gasteiger partial charge in [-0.3, -0.25) is 9.69 Å². The lowest BCUT2D eigenvalue weighted by Gasteiger charge is -2.35. The summed E-state index contributed by atoms with van der Waals surface area (Å²) in [5, 5.41) is 3.76. The van der Waals surface area contributed by atoms with E-state index in [9.17, 15) is 4.79 Å². The van der Waals surface area contributed by atoms with Gasteiger partial charge in [-0.1, -0.05) is 24.3 Å². The molecule has 1 aromatic heterocycles. The molecule has 2 aliphatic rings. The van der Waals surface area contributed by atoms with E-state index in [-0.39, 0.29) is 17.9 Å². The number of hydrogen-bond acceptors (Lipinski definition) is 5. The highest BCUT2D eigenvalue weighted by Gasteiger charge is 2.21. The van der Waals surface area contributed by atoms with Crippen molar-refractivity contribution >= 4 is 17.3 Å². The summed E-state index contributed by atoms with van der Waals surface area (Å²) in [6.45, 7) is 5.63. The number of nitrogens with one attached hydrogen (secondary N) is 1. The van der Waals surface area contributed by atoms with Gasteiger partial charge in [0.1, 0.15) is 12.0 Å². The van der Waals surface area contributed by atoms with Crippen LogP contribution in [0.1, 0.15) is 43.1 Å². The third-order valence-electron chi connectivity index (χ3n) is 5.65. The Bertz CT molecular complexity index is 905. The van der Waals surface area contributed by atoms with E-state index in [0.717, 1.165) is 32.5 Å². The Morgan fingerprint density at radius 3 is 2.72 bits per heavy atom. The van der Waals surface area contributed by atoms with E-state index in [1.165, 1.54) is 29.9 Å². The summed E-state index contributed by atoms with van der Waals surface area (Å²) in [5.41, 5.74) is 2.49. The number of fused-ring (bicyclic) bond motifs is 1. The highest BCUT2D eigenvalue weighted by Crippen LogP contribution is 2.24. The van der Waals surface area contributed by atoms with Crippen LogP contribution in [0, 0.1) is 0 Å². The molecule has 1 N–H and O–H groups in total. The Kier molecular flexibility index (Phi) is 6.16. The van der Waals surface area contributed by atoms with Crippen molar-refractivity contribution in [2.75, 3.05) is 13.3 Å². The van der Waals surface area contributed by atoms with Gasteiger partial charge in [0, 0.05) is 31.7 Å². The lowest BCUT2D eigenvalue weighted by Crippen LogP contribution is -2.48. The minimum absolute atomic E-state index is 0.146.